The standard InChI is InChI=1S/C13H24N2O2/c1-10-4-2-5-11(12(10)14)13(16)15-6-3-8-17-9-7-15/h10-12H,2-9,14H2,1H3. The Morgan fingerprint density at radius 3 is 2.88 bits per heavy atom. The second-order valence-corrected chi connectivity index (χ2v) is 5.38. The largest absolute Gasteiger partial charge is 0.380 e. The molecule has 0 aromatic carbocycles. The molecule has 98 valence electrons. The highest BCUT2D eigenvalue weighted by Crippen LogP contribution is 2.29. The van der Waals surface area contributed by atoms with Crippen LogP contribution in [-0.4, -0.2) is 43.2 Å². The number of nitrogens with zero attached hydrogens (tertiary/aromatic N) is 1. The van der Waals surface area contributed by atoms with Gasteiger partial charge in [-0.2, -0.15) is 0 Å². The van der Waals surface area contributed by atoms with Crippen molar-refractivity contribution in [3.8, 4) is 0 Å². The number of hydrogen-bond donors (Lipinski definition) is 1. The van der Waals surface area contributed by atoms with Gasteiger partial charge in [0.2, 0.25) is 5.91 Å². The van der Waals surface area contributed by atoms with Crippen LogP contribution >= 0.6 is 0 Å². The first-order valence-corrected chi connectivity index (χ1v) is 6.82. The van der Waals surface area contributed by atoms with Gasteiger partial charge < -0.3 is 15.4 Å². The highest BCUT2D eigenvalue weighted by atomic mass is 16.5. The molecule has 0 spiro atoms. The minimum absolute atomic E-state index is 0.0387. The lowest BCUT2D eigenvalue weighted by atomic mass is 9.77. The van der Waals surface area contributed by atoms with Crippen molar-refractivity contribution in [2.24, 2.45) is 17.6 Å². The van der Waals surface area contributed by atoms with E-state index in [2.05, 4.69) is 6.92 Å². The summed E-state index contributed by atoms with van der Waals surface area (Å²) in [4.78, 5) is 14.4. The zero-order valence-corrected chi connectivity index (χ0v) is 10.7. The Morgan fingerprint density at radius 1 is 1.24 bits per heavy atom. The topological polar surface area (TPSA) is 55.6 Å². The van der Waals surface area contributed by atoms with Crippen LogP contribution in [0.15, 0.2) is 0 Å². The minimum atomic E-state index is 0.0387. The van der Waals surface area contributed by atoms with Crippen LogP contribution in [-0.2, 0) is 9.53 Å². The van der Waals surface area contributed by atoms with Crippen molar-refractivity contribution in [3.63, 3.8) is 0 Å². The minimum Gasteiger partial charge on any atom is -0.380 e. The maximum absolute atomic E-state index is 12.5. The van der Waals surface area contributed by atoms with Gasteiger partial charge in [-0.1, -0.05) is 13.3 Å². The van der Waals surface area contributed by atoms with Crippen LogP contribution in [0.25, 0.3) is 0 Å². The summed E-state index contributed by atoms with van der Waals surface area (Å²) >= 11 is 0. The maximum atomic E-state index is 12.5. The fraction of sp³-hybridized carbons (Fsp3) is 0.923. The highest BCUT2D eigenvalue weighted by molar-refractivity contribution is 5.79. The summed E-state index contributed by atoms with van der Waals surface area (Å²) in [5.74, 6) is 0.771. The lowest BCUT2D eigenvalue weighted by molar-refractivity contribution is -0.137. The van der Waals surface area contributed by atoms with E-state index in [-0.39, 0.29) is 17.9 Å². The SMILES string of the molecule is CC1CCCC(C(=O)N2CCCOCC2)C1N. The van der Waals surface area contributed by atoms with Crippen molar-refractivity contribution in [2.75, 3.05) is 26.3 Å². The summed E-state index contributed by atoms with van der Waals surface area (Å²) in [5, 5.41) is 0. The molecule has 3 unspecified atom stereocenters. The van der Waals surface area contributed by atoms with E-state index in [4.69, 9.17) is 10.5 Å². The van der Waals surface area contributed by atoms with Crippen LogP contribution in [0.2, 0.25) is 0 Å². The van der Waals surface area contributed by atoms with Crippen molar-refractivity contribution in [3.05, 3.63) is 0 Å². The van der Waals surface area contributed by atoms with Crippen LogP contribution in [0.1, 0.15) is 32.6 Å². The van der Waals surface area contributed by atoms with Gasteiger partial charge in [0.15, 0.2) is 0 Å². The van der Waals surface area contributed by atoms with E-state index in [1.807, 2.05) is 4.90 Å². The molecule has 2 rings (SSSR count). The Balaban J connectivity index is 1.97. The lowest BCUT2D eigenvalue weighted by Crippen LogP contribution is -2.49. The Labute approximate surface area is 103 Å². The van der Waals surface area contributed by atoms with Crippen molar-refractivity contribution < 1.29 is 9.53 Å². The first kappa shape index (κ1) is 12.8. The van der Waals surface area contributed by atoms with Gasteiger partial charge in [0.1, 0.15) is 0 Å². The number of rotatable bonds is 1. The number of hydrogen-bond acceptors (Lipinski definition) is 3. The van der Waals surface area contributed by atoms with Gasteiger partial charge in [0, 0.05) is 25.7 Å². The van der Waals surface area contributed by atoms with Crippen molar-refractivity contribution in [2.45, 2.75) is 38.6 Å². The van der Waals surface area contributed by atoms with Crippen molar-refractivity contribution >= 4 is 5.91 Å². The van der Waals surface area contributed by atoms with Crippen molar-refractivity contribution in [1.82, 2.24) is 4.90 Å². The molecule has 4 heteroatoms. The summed E-state index contributed by atoms with van der Waals surface area (Å²) < 4.78 is 5.39. The summed E-state index contributed by atoms with van der Waals surface area (Å²) in [6.07, 6.45) is 4.20. The smallest absolute Gasteiger partial charge is 0.227 e. The van der Waals surface area contributed by atoms with E-state index in [0.717, 1.165) is 45.4 Å². The fourth-order valence-corrected chi connectivity index (χ4v) is 2.93. The van der Waals surface area contributed by atoms with Gasteiger partial charge in [-0.25, -0.2) is 0 Å². The van der Waals surface area contributed by atoms with Crippen LogP contribution in [0, 0.1) is 11.8 Å². The molecule has 0 bridgehead atoms. The molecule has 1 aliphatic heterocycles. The van der Waals surface area contributed by atoms with Gasteiger partial charge in [-0.15, -0.1) is 0 Å². The van der Waals surface area contributed by atoms with Gasteiger partial charge in [-0.05, 0) is 25.2 Å². The lowest BCUT2D eigenvalue weighted by Gasteiger charge is -2.35. The van der Waals surface area contributed by atoms with Crippen LogP contribution in [0.3, 0.4) is 0 Å². The monoisotopic (exact) mass is 240 g/mol. The Kier molecular flexibility index (Phi) is 4.40. The Bertz CT molecular complexity index is 262. The summed E-state index contributed by atoms with van der Waals surface area (Å²) in [6.45, 7) is 5.17. The third-order valence-corrected chi connectivity index (χ3v) is 4.15. The highest BCUT2D eigenvalue weighted by Gasteiger charge is 2.35. The molecule has 1 heterocycles. The zero-order chi connectivity index (χ0) is 12.3. The molecule has 1 saturated carbocycles. The van der Waals surface area contributed by atoms with E-state index in [0.29, 0.717) is 12.5 Å². The molecule has 4 nitrogen and oxygen atoms in total. The van der Waals surface area contributed by atoms with E-state index < -0.39 is 0 Å². The number of carbonyl (C=O) groups excluding carboxylic acids is 1. The second-order valence-electron chi connectivity index (χ2n) is 5.38. The number of ether oxygens (including phenoxy) is 1. The summed E-state index contributed by atoms with van der Waals surface area (Å²) in [5.41, 5.74) is 6.19. The quantitative estimate of drug-likeness (QED) is 0.744. The predicted molar refractivity (Wildman–Crippen MR) is 66.5 cm³/mol. The van der Waals surface area contributed by atoms with Crippen LogP contribution in [0.4, 0.5) is 0 Å². The first-order valence-electron chi connectivity index (χ1n) is 6.82. The molecule has 17 heavy (non-hydrogen) atoms. The molecule has 2 aliphatic rings. The van der Waals surface area contributed by atoms with Gasteiger partial charge in [0.25, 0.3) is 0 Å². The van der Waals surface area contributed by atoms with Crippen LogP contribution < -0.4 is 5.73 Å². The van der Waals surface area contributed by atoms with E-state index >= 15 is 0 Å². The third-order valence-electron chi connectivity index (χ3n) is 4.15. The fourth-order valence-electron chi connectivity index (χ4n) is 2.93. The molecule has 2 N–H and O–H groups in total. The van der Waals surface area contributed by atoms with Crippen molar-refractivity contribution in [1.29, 1.82) is 0 Å². The van der Waals surface area contributed by atoms with E-state index in [1.165, 1.54) is 0 Å². The third kappa shape index (κ3) is 2.99. The molecule has 2 fully saturated rings. The molecule has 0 aromatic heterocycles. The molecule has 1 amide bonds. The van der Waals surface area contributed by atoms with E-state index in [9.17, 15) is 4.79 Å². The molecular weight excluding hydrogens is 216 g/mol. The van der Waals surface area contributed by atoms with Crippen LogP contribution in [0.5, 0.6) is 0 Å². The molecular formula is C13H24N2O2. The van der Waals surface area contributed by atoms with Gasteiger partial charge >= 0.3 is 0 Å². The molecule has 0 radical (unpaired) electrons. The molecule has 1 saturated heterocycles. The Morgan fingerprint density at radius 2 is 2.06 bits per heavy atom. The number of amides is 1. The molecule has 3 atom stereocenters. The normalized spacial score (nSPS) is 35.4. The predicted octanol–water partition coefficient (Wildman–Crippen LogP) is 0.999. The van der Waals surface area contributed by atoms with Gasteiger partial charge in [-0.3, -0.25) is 4.79 Å². The summed E-state index contributed by atoms with van der Waals surface area (Å²) in [6, 6.07) is 0.0421. The number of carbonyl (C=O) groups is 1. The molecule has 0 aromatic rings. The number of nitrogens with two attached hydrogens (primary N) is 1. The summed E-state index contributed by atoms with van der Waals surface area (Å²) in [7, 11) is 0. The van der Waals surface area contributed by atoms with E-state index in [1.54, 1.807) is 0 Å². The first-order chi connectivity index (χ1) is 8.20. The average molecular weight is 240 g/mol. The van der Waals surface area contributed by atoms with Gasteiger partial charge in [0.05, 0.1) is 12.5 Å². The Hall–Kier alpha value is -0.610. The zero-order valence-electron chi connectivity index (χ0n) is 10.7. The molecule has 1 aliphatic carbocycles. The second kappa shape index (κ2) is 5.83. The average Bonchev–Trinajstić information content (AvgIpc) is 2.60. The maximum Gasteiger partial charge on any atom is 0.227 e.